The number of aliphatic hydroxyl groups excluding tert-OH is 2. The number of nitrogens with zero attached hydrogens (tertiary/aromatic N) is 18. The van der Waals surface area contributed by atoms with E-state index in [0.717, 1.165) is 22.0 Å². The molecule has 698 valence electrons. The van der Waals surface area contributed by atoms with E-state index in [0.29, 0.717) is 11.1 Å². The number of quaternary nitrogens is 1. The van der Waals surface area contributed by atoms with Gasteiger partial charge in [0.2, 0.25) is 23.7 Å². The van der Waals surface area contributed by atoms with Gasteiger partial charge in [0, 0.05) is 47.9 Å². The fraction of sp³-hybridized carbons (Fsp3) is 0.431. The molecule has 9 aromatic heterocycles. The predicted molar refractivity (Wildman–Crippen MR) is 467 cm³/mol. The van der Waals surface area contributed by atoms with Gasteiger partial charge in [-0.15, -0.1) is 27.3 Å². The second-order valence-electron chi connectivity index (χ2n) is 28.5. The van der Waals surface area contributed by atoms with Crippen molar-refractivity contribution in [3.05, 3.63) is 148 Å². The molecule has 2 aromatic carbocycles. The summed E-state index contributed by atoms with van der Waals surface area (Å²) in [6.07, 6.45) is -10.9. The van der Waals surface area contributed by atoms with Gasteiger partial charge < -0.3 is 82.9 Å². The van der Waals surface area contributed by atoms with Crippen molar-refractivity contribution < 1.29 is 113 Å². The highest BCUT2D eigenvalue weighted by molar-refractivity contribution is 8.08. The van der Waals surface area contributed by atoms with E-state index < -0.39 is 179 Å². The van der Waals surface area contributed by atoms with E-state index >= 15 is 8.78 Å². The molecule has 0 spiro atoms. The van der Waals surface area contributed by atoms with Crippen LogP contribution in [0, 0.1) is 34.5 Å². The number of pyridine rings is 1. The fourth-order valence-corrected chi connectivity index (χ4v) is 17.9. The second-order valence-corrected chi connectivity index (χ2v) is 37.5. The molecule has 5 aliphatic rings. The summed E-state index contributed by atoms with van der Waals surface area (Å²) >= 11 is 11.4. The largest absolute Gasteiger partial charge is 0.786 e. The molecule has 131 heavy (non-hydrogen) atoms. The Morgan fingerprint density at radius 3 is 1.76 bits per heavy atom. The van der Waals surface area contributed by atoms with Gasteiger partial charge in [-0.25, -0.2) is 43.7 Å². The van der Waals surface area contributed by atoms with Gasteiger partial charge in [0.25, 0.3) is 22.9 Å². The van der Waals surface area contributed by atoms with Crippen molar-refractivity contribution in [1.29, 1.82) is 11.8 Å². The number of benzene rings is 2. The molecule has 0 radical (unpaired) electrons. The molecule has 5 unspecified atom stereocenters. The number of carbonyl (C=O) groups is 4. The zero-order valence-corrected chi connectivity index (χ0v) is 76.9. The topological polar surface area (TPSA) is 669 Å². The number of amides is 4. The smallest absolute Gasteiger partial charge is 0.327 e. The minimum atomic E-state index is -3.96. The summed E-state index contributed by atoms with van der Waals surface area (Å²) < 4.78 is 124. The number of hydrogen-bond acceptors (Lipinski definition) is 39. The van der Waals surface area contributed by atoms with E-state index in [4.69, 9.17) is 94.8 Å². The Morgan fingerprint density at radius 2 is 1.26 bits per heavy atom. The monoisotopic (exact) mass is 1970 g/mol. The molecule has 11 aromatic rings. The minimum Gasteiger partial charge on any atom is -0.786 e. The number of hydrogen-bond donors (Lipinski definition) is 9. The maximum Gasteiger partial charge on any atom is 0.327 e. The van der Waals surface area contributed by atoms with Crippen molar-refractivity contribution >= 4 is 163 Å². The molecule has 13 N–H and O–H groups in total. The van der Waals surface area contributed by atoms with Crippen molar-refractivity contribution in [2.45, 2.75) is 139 Å². The van der Waals surface area contributed by atoms with Crippen molar-refractivity contribution in [2.75, 3.05) is 67.6 Å². The number of ether oxygens (including phenoxy) is 4. The van der Waals surface area contributed by atoms with E-state index in [1.165, 1.54) is 21.8 Å². The quantitative estimate of drug-likeness (QED) is 0.0269. The van der Waals surface area contributed by atoms with Gasteiger partial charge >= 0.3 is 13.4 Å². The first-order valence-corrected chi connectivity index (χ1v) is 48.9. The van der Waals surface area contributed by atoms with Crippen LogP contribution in [-0.2, 0) is 92.9 Å². The first-order valence-electron chi connectivity index (χ1n) is 39.5. The number of alkyl halides is 2. The van der Waals surface area contributed by atoms with E-state index in [-0.39, 0.29) is 132 Å². The number of imidazole rings is 2. The molecule has 5 fully saturated rings. The summed E-state index contributed by atoms with van der Waals surface area (Å²) in [5.41, 5.74) is -0.632. The Bertz CT molecular complexity index is 6080. The number of nitriles is 2. The standard InChI is InChI=1S/C33H34FN12O11P2S.C33H36FN12O10PS.C5H5N.CH6P2.H3N.HO2P/c1-16(2)28(47)41-33-40-27-23(30(49)42-33)38-15-45(27)31-19-11-18(54-31)12-53-59(60,52-10-6-9-35)57-24-20(13-51-58(50)56-19)55-32(21(24)34)46-26-22(43-44-46)25(36-14-37-26)39-29(48)17-7-4-3-5-8-17;1-16(2)28(49)41-33-40-27-23(30(51)42-33)38-15-45(27)31-19(48)11-18(54-31)13-53-57(58,52-10-6-9-35)56-24-20(12-47)55-32(21(24)34)46-26-22(43-44-46)25(36-14-37-26)39-29(50)17-7-4-3-5-8-17;1-2-4-6-5-3-1;1-3-2;;1-3-2/h3-5,7-8,14-16,18-21,24,31-32H,6,10-13H2,1-2H3,(H,36,37,39,48)(H2,40,41,42,47,49);3-5,7-8,14-16,18-21,24,31-32,47-48H,6,10-13H2,1-2H3,(H,36,37,39,50)(H2,40,41,42,49,51);1-5H;3H,2H2,1H3;1H3;(H,1,2)/q-1;;;;;/p+1/t18-,19-,20+,21-,24+,31+,32+,58?,59?;18-,19-,20+,21-,24+,31+,32+,57?;;;;/m00..../s1/i;;;3D;;. The third-order valence-corrected chi connectivity index (χ3v) is 24.5. The van der Waals surface area contributed by atoms with Crippen LogP contribution in [-0.4, -0.2) is 232 Å². The van der Waals surface area contributed by atoms with Crippen LogP contribution in [0.3, 0.4) is 0 Å². The number of fused-ring (bicyclic) bond motifs is 7. The third kappa shape index (κ3) is 25.3. The lowest BCUT2D eigenvalue weighted by Crippen LogP contribution is -2.34. The Morgan fingerprint density at radius 1 is 0.740 bits per heavy atom. The maximum absolute atomic E-state index is 16.7. The van der Waals surface area contributed by atoms with Crippen LogP contribution in [0.5, 0.6) is 0 Å². The van der Waals surface area contributed by atoms with Crippen LogP contribution in [0.25, 0.3) is 44.7 Å². The van der Waals surface area contributed by atoms with Gasteiger partial charge in [-0.2, -0.15) is 29.9 Å². The van der Waals surface area contributed by atoms with Gasteiger partial charge in [0.15, 0.2) is 106 Å². The summed E-state index contributed by atoms with van der Waals surface area (Å²) in [5.74, 6) is -2.81. The van der Waals surface area contributed by atoms with Gasteiger partial charge in [-0.3, -0.25) is 72.1 Å². The van der Waals surface area contributed by atoms with Crippen LogP contribution in [0.2, 0.25) is 0 Å². The minimum absolute atomic E-state index is 0. The van der Waals surface area contributed by atoms with Gasteiger partial charge in [0.1, 0.15) is 49.3 Å². The molecule has 16 rings (SSSR count). The second kappa shape index (κ2) is 47.6. The number of nitrogens with one attached hydrogen (secondary N) is 7. The maximum atomic E-state index is 16.7. The number of anilines is 4. The van der Waals surface area contributed by atoms with E-state index in [1.807, 2.05) is 49.4 Å². The van der Waals surface area contributed by atoms with E-state index in [1.54, 1.807) is 88.4 Å². The van der Waals surface area contributed by atoms with Crippen molar-refractivity contribution in [2.24, 2.45) is 11.8 Å². The van der Waals surface area contributed by atoms with Crippen molar-refractivity contribution in [1.82, 2.24) is 95.1 Å². The number of H-pyrrole nitrogens is 3. The molecule has 19 atom stereocenters. The van der Waals surface area contributed by atoms with E-state index in [2.05, 4.69) is 106 Å². The van der Waals surface area contributed by atoms with Gasteiger partial charge in [-0.05, 0) is 54.5 Å². The van der Waals surface area contributed by atoms with Crippen LogP contribution in [0.15, 0.2) is 126 Å². The summed E-state index contributed by atoms with van der Waals surface area (Å²) in [6, 6.07) is 26.4. The molecule has 59 heteroatoms. The highest BCUT2D eigenvalue weighted by Gasteiger charge is 2.54. The molecule has 0 aliphatic carbocycles. The van der Waals surface area contributed by atoms with Crippen LogP contribution < -0.4 is 53.3 Å². The zero-order chi connectivity index (χ0) is 93.8. The van der Waals surface area contributed by atoms with Crippen LogP contribution in [0.1, 0.15) is 99.0 Å². The highest BCUT2D eigenvalue weighted by atomic mass is 32.5. The SMILES string of the molecule is CC(C)C(=O)Nc1nc2c(ncn2[C@@H]2O[C@@H]3COP(=S)(OCCC#N)O[C@H]4[C@H](F)[C@H](n5nnc6c(NC(=O)c7ccccc7)ncnc65)O[C@@H]4COP([O-])O[C@H]2C3)c(=O)[nH]1.CC(C)C(=O)Nc1nc2c(ncn2[C@@H]2O[C@H](COP(=S)(OCCC#N)O[C@H]3[C@H](F)[C@H](n4nnc5c(NC(=O)c6ccccc6)ncnc54)O[C@@H]3CO)C[C@@H]2O)c(=O)[nH]1.O=P[O-].[2H]P(C)P.[NH4+].c1cc[nH+]cc1. The van der Waals surface area contributed by atoms with Gasteiger partial charge in [-0.1, -0.05) is 80.6 Å². The molecule has 5 saturated heterocycles. The summed E-state index contributed by atoms with van der Waals surface area (Å²) in [6.45, 7) is -1.80. The number of halogens is 2. The molecular weight excluding hydrogens is 1880 g/mol. The van der Waals surface area contributed by atoms with E-state index in [9.17, 15) is 49.1 Å². The first kappa shape index (κ1) is 100.0. The lowest BCUT2D eigenvalue weighted by atomic mass is 10.1. The number of aromatic amines is 3. The molecule has 4 amide bonds. The first-order chi connectivity index (χ1) is 62.9. The number of aliphatic hydroxyl groups is 2. The molecule has 49 nitrogen and oxygen atoms in total. The summed E-state index contributed by atoms with van der Waals surface area (Å²) in [5, 5.41) is 66.2. The summed E-state index contributed by atoms with van der Waals surface area (Å²) in [7, 11) is -2.12. The molecule has 2 bridgehead atoms. The van der Waals surface area contributed by atoms with Crippen LogP contribution >= 0.6 is 47.9 Å². The number of rotatable bonds is 24. The van der Waals surface area contributed by atoms with Gasteiger partial charge in [0.05, 0.1) is 108 Å². The Hall–Kier alpha value is -10.0. The lowest BCUT2D eigenvalue weighted by molar-refractivity contribution is -0.378. The summed E-state index contributed by atoms with van der Waals surface area (Å²) in [4.78, 5) is 139. The Kier molecular flexibility index (Phi) is 36.3. The van der Waals surface area contributed by atoms with Crippen molar-refractivity contribution in [3.8, 4) is 12.1 Å². The molecule has 14 heterocycles. The third-order valence-electron chi connectivity index (χ3n) is 18.9. The molecule has 5 aliphatic heterocycles. The average Bonchev–Trinajstić information content (AvgIpc) is 1.62. The Labute approximate surface area is 758 Å². The normalized spacial score (nSPS) is 24.8. The van der Waals surface area contributed by atoms with Crippen LogP contribution in [0.4, 0.5) is 32.3 Å². The average molecular weight is 1970 g/mol. The van der Waals surface area contributed by atoms with Crippen molar-refractivity contribution in [3.63, 3.8) is 0 Å². The fourth-order valence-electron chi connectivity index (χ4n) is 12.9. The lowest BCUT2D eigenvalue weighted by Gasteiger charge is -2.31. The number of aromatic nitrogens is 19. The molecule has 0 saturated carbocycles. The zero-order valence-electron chi connectivity index (χ0n) is 70.7. The number of carbonyl (C=O) groups excluding carboxylic acids is 4. The Balaban J connectivity index is 0.000000223. The highest BCUT2D eigenvalue weighted by Crippen LogP contribution is 2.57. The predicted octanol–water partition coefficient (Wildman–Crippen LogP) is 5.43. The molecular formula is C72H86F2N26O23P6S2.